The Bertz CT molecular complexity index is 483. The van der Waals surface area contributed by atoms with Gasteiger partial charge in [-0.3, -0.25) is 10.1 Å². The van der Waals surface area contributed by atoms with Crippen molar-refractivity contribution < 1.29 is 14.8 Å². The molecule has 1 aliphatic rings. The lowest BCUT2D eigenvalue weighted by molar-refractivity contribution is -0.384. The van der Waals surface area contributed by atoms with Crippen molar-refractivity contribution in [2.45, 2.75) is 18.9 Å². The van der Waals surface area contributed by atoms with E-state index >= 15 is 0 Å². The summed E-state index contributed by atoms with van der Waals surface area (Å²) in [4.78, 5) is 12.7. The smallest absolute Gasteiger partial charge is 0.294 e. The van der Waals surface area contributed by atoms with Crippen LogP contribution in [0, 0.1) is 10.1 Å². The molecule has 0 bridgehead atoms. The lowest BCUT2D eigenvalue weighted by atomic mass is 10.1. The zero-order valence-electron chi connectivity index (χ0n) is 11.0. The van der Waals surface area contributed by atoms with E-state index in [1.165, 1.54) is 6.07 Å². The first kappa shape index (κ1) is 15.0. The van der Waals surface area contributed by atoms with Gasteiger partial charge in [-0.25, -0.2) is 0 Å². The monoisotopic (exact) mass is 300 g/mol. The van der Waals surface area contributed by atoms with E-state index in [1.54, 1.807) is 12.1 Å². The number of aliphatic hydroxyl groups excluding tert-OH is 1. The molecule has 1 aromatic rings. The number of nitro groups is 1. The highest BCUT2D eigenvalue weighted by atomic mass is 35.5. The van der Waals surface area contributed by atoms with Crippen LogP contribution in [0.25, 0.3) is 0 Å². The number of halogens is 1. The van der Waals surface area contributed by atoms with Crippen molar-refractivity contribution >= 4 is 23.0 Å². The van der Waals surface area contributed by atoms with E-state index in [2.05, 4.69) is 0 Å². The van der Waals surface area contributed by atoms with Gasteiger partial charge in [0.15, 0.2) is 0 Å². The standard InChI is InChI=1S/C13H17ClN2O4/c14-10-3-4-12(13(8-10)16(18)19)15-5-1-2-11(9-15)20-7-6-17/h3-4,8,11,17H,1-2,5-7,9H2. The van der Waals surface area contributed by atoms with Crippen LogP contribution in [-0.4, -0.2) is 42.4 Å². The third-order valence-corrected chi connectivity index (χ3v) is 3.53. The quantitative estimate of drug-likeness (QED) is 0.666. The maximum absolute atomic E-state index is 11.1. The second kappa shape index (κ2) is 6.88. The Labute approximate surface area is 122 Å². The zero-order valence-corrected chi connectivity index (χ0v) is 11.8. The number of anilines is 1. The van der Waals surface area contributed by atoms with E-state index in [0.29, 0.717) is 23.9 Å². The summed E-state index contributed by atoms with van der Waals surface area (Å²) in [6.07, 6.45) is 1.79. The van der Waals surface area contributed by atoms with Crippen molar-refractivity contribution in [3.63, 3.8) is 0 Å². The predicted molar refractivity (Wildman–Crippen MR) is 76.4 cm³/mol. The molecule has 1 atom stereocenters. The first-order valence-electron chi connectivity index (χ1n) is 6.53. The second-order valence-electron chi connectivity index (χ2n) is 4.69. The molecule has 1 fully saturated rings. The summed E-state index contributed by atoms with van der Waals surface area (Å²) < 4.78 is 5.52. The molecule has 1 N–H and O–H groups in total. The lowest BCUT2D eigenvalue weighted by Gasteiger charge is -2.33. The highest BCUT2D eigenvalue weighted by Crippen LogP contribution is 2.33. The molecule has 0 aromatic heterocycles. The van der Waals surface area contributed by atoms with Crippen molar-refractivity contribution in [3.8, 4) is 0 Å². The molecule has 1 aliphatic heterocycles. The Morgan fingerprint density at radius 2 is 2.35 bits per heavy atom. The van der Waals surface area contributed by atoms with Gasteiger partial charge in [0.2, 0.25) is 0 Å². The van der Waals surface area contributed by atoms with Gasteiger partial charge in [0.05, 0.1) is 24.2 Å². The van der Waals surface area contributed by atoms with E-state index < -0.39 is 4.92 Å². The number of benzene rings is 1. The fourth-order valence-electron chi connectivity index (χ4n) is 2.42. The van der Waals surface area contributed by atoms with Gasteiger partial charge in [-0.1, -0.05) is 11.6 Å². The van der Waals surface area contributed by atoms with Gasteiger partial charge in [-0.2, -0.15) is 0 Å². The molecule has 1 aromatic carbocycles. The second-order valence-corrected chi connectivity index (χ2v) is 5.13. The zero-order chi connectivity index (χ0) is 14.5. The van der Waals surface area contributed by atoms with Crippen LogP contribution in [0.15, 0.2) is 18.2 Å². The summed E-state index contributed by atoms with van der Waals surface area (Å²) in [6.45, 7) is 1.61. The first-order valence-corrected chi connectivity index (χ1v) is 6.91. The molecule has 0 aliphatic carbocycles. The van der Waals surface area contributed by atoms with Crippen molar-refractivity contribution in [3.05, 3.63) is 33.3 Å². The molecular formula is C13H17ClN2O4. The van der Waals surface area contributed by atoms with Gasteiger partial charge >= 0.3 is 0 Å². The van der Waals surface area contributed by atoms with Crippen molar-refractivity contribution in [1.29, 1.82) is 0 Å². The molecule has 0 spiro atoms. The topological polar surface area (TPSA) is 75.8 Å². The van der Waals surface area contributed by atoms with Gasteiger partial charge in [0, 0.05) is 24.2 Å². The third-order valence-electron chi connectivity index (χ3n) is 3.30. The van der Waals surface area contributed by atoms with E-state index in [9.17, 15) is 10.1 Å². The summed E-state index contributed by atoms with van der Waals surface area (Å²) in [6, 6.07) is 4.70. The number of hydrogen-bond acceptors (Lipinski definition) is 5. The molecule has 1 unspecified atom stereocenters. The fourth-order valence-corrected chi connectivity index (χ4v) is 2.59. The molecule has 7 heteroatoms. The van der Waals surface area contributed by atoms with Gasteiger partial charge < -0.3 is 14.7 Å². The Balaban J connectivity index is 2.16. The van der Waals surface area contributed by atoms with E-state index in [4.69, 9.17) is 21.4 Å². The van der Waals surface area contributed by atoms with Crippen LogP contribution in [0.4, 0.5) is 11.4 Å². The number of nitro benzene ring substituents is 1. The molecular weight excluding hydrogens is 284 g/mol. The maximum Gasteiger partial charge on any atom is 0.294 e. The Morgan fingerprint density at radius 3 is 3.05 bits per heavy atom. The summed E-state index contributed by atoms with van der Waals surface area (Å²) in [5.41, 5.74) is 0.581. The highest BCUT2D eigenvalue weighted by molar-refractivity contribution is 6.30. The molecule has 6 nitrogen and oxygen atoms in total. The van der Waals surface area contributed by atoms with Gasteiger partial charge in [0.25, 0.3) is 5.69 Å². The minimum Gasteiger partial charge on any atom is -0.394 e. The van der Waals surface area contributed by atoms with Crippen molar-refractivity contribution in [1.82, 2.24) is 0 Å². The molecule has 0 amide bonds. The van der Waals surface area contributed by atoms with Crippen LogP contribution < -0.4 is 4.90 Å². The Kier molecular flexibility index (Phi) is 5.17. The van der Waals surface area contributed by atoms with Gasteiger partial charge in [-0.05, 0) is 25.0 Å². The molecule has 1 saturated heterocycles. The van der Waals surface area contributed by atoms with Gasteiger partial charge in [0.1, 0.15) is 5.69 Å². The van der Waals surface area contributed by atoms with E-state index in [-0.39, 0.29) is 18.4 Å². The van der Waals surface area contributed by atoms with Gasteiger partial charge in [-0.15, -0.1) is 0 Å². The Morgan fingerprint density at radius 1 is 1.55 bits per heavy atom. The van der Waals surface area contributed by atoms with E-state index in [1.807, 2.05) is 4.90 Å². The fraction of sp³-hybridized carbons (Fsp3) is 0.538. The summed E-state index contributed by atoms with van der Waals surface area (Å²) in [5, 5.41) is 20.3. The Hall–Kier alpha value is -1.37. The van der Waals surface area contributed by atoms with Crippen LogP contribution >= 0.6 is 11.6 Å². The number of piperidine rings is 1. The highest BCUT2D eigenvalue weighted by Gasteiger charge is 2.26. The van der Waals surface area contributed by atoms with Crippen molar-refractivity contribution in [2.75, 3.05) is 31.2 Å². The van der Waals surface area contributed by atoms with Crippen LogP contribution in [0.3, 0.4) is 0 Å². The van der Waals surface area contributed by atoms with Crippen LogP contribution in [0.5, 0.6) is 0 Å². The maximum atomic E-state index is 11.1. The largest absolute Gasteiger partial charge is 0.394 e. The van der Waals surface area contributed by atoms with E-state index in [0.717, 1.165) is 19.4 Å². The molecule has 1 heterocycles. The summed E-state index contributed by atoms with van der Waals surface area (Å²) in [7, 11) is 0. The minimum absolute atomic E-state index is 0.00816. The number of ether oxygens (including phenoxy) is 1. The average Bonchev–Trinajstić information content (AvgIpc) is 2.45. The van der Waals surface area contributed by atoms with Crippen LogP contribution in [0.2, 0.25) is 5.02 Å². The normalized spacial score (nSPS) is 19.1. The molecule has 0 saturated carbocycles. The SMILES string of the molecule is O=[N+]([O-])c1cc(Cl)ccc1N1CCCC(OCCO)C1. The predicted octanol–water partition coefficient (Wildman–Crippen LogP) is 2.23. The summed E-state index contributed by atoms with van der Waals surface area (Å²) >= 11 is 5.82. The number of nitrogens with zero attached hydrogens (tertiary/aromatic N) is 2. The molecule has 0 radical (unpaired) electrons. The molecule has 110 valence electrons. The number of hydrogen-bond donors (Lipinski definition) is 1. The third kappa shape index (κ3) is 3.59. The molecule has 20 heavy (non-hydrogen) atoms. The molecule has 2 rings (SSSR count). The minimum atomic E-state index is -0.417. The number of aliphatic hydroxyl groups is 1. The van der Waals surface area contributed by atoms with Crippen LogP contribution in [-0.2, 0) is 4.74 Å². The average molecular weight is 301 g/mol. The lowest BCUT2D eigenvalue weighted by Crippen LogP contribution is -2.40. The summed E-state index contributed by atoms with van der Waals surface area (Å²) in [5.74, 6) is 0. The first-order chi connectivity index (χ1) is 9.61. The number of rotatable bonds is 5. The van der Waals surface area contributed by atoms with Crippen LogP contribution in [0.1, 0.15) is 12.8 Å². The van der Waals surface area contributed by atoms with Crippen molar-refractivity contribution in [2.24, 2.45) is 0 Å².